The number of imidazole rings is 1. The lowest BCUT2D eigenvalue weighted by atomic mass is 9.99. The maximum Gasteiger partial charge on any atom is 0.165 e. The summed E-state index contributed by atoms with van der Waals surface area (Å²) in [6.07, 6.45) is 0. The van der Waals surface area contributed by atoms with Gasteiger partial charge >= 0.3 is 0 Å². The van der Waals surface area contributed by atoms with Crippen LogP contribution in [0.1, 0.15) is 0 Å². The Morgan fingerprint density at radius 3 is 1.58 bits per heavy atom. The van der Waals surface area contributed by atoms with Gasteiger partial charge in [-0.2, -0.15) is 0 Å². The minimum absolute atomic E-state index is 0.800. The van der Waals surface area contributed by atoms with E-state index in [4.69, 9.17) is 15.0 Å². The third-order valence-corrected chi connectivity index (χ3v) is 10.3. The van der Waals surface area contributed by atoms with E-state index < -0.39 is 0 Å². The van der Waals surface area contributed by atoms with Crippen molar-refractivity contribution < 1.29 is 0 Å². The average Bonchev–Trinajstić information content (AvgIpc) is 3.78. The van der Waals surface area contributed by atoms with Crippen LogP contribution in [0.25, 0.3) is 99.8 Å². The van der Waals surface area contributed by atoms with E-state index in [1.165, 1.54) is 16.2 Å². The number of hydrogen-bond donors (Lipinski definition) is 0. The van der Waals surface area contributed by atoms with Crippen molar-refractivity contribution in [1.82, 2.24) is 23.9 Å². The predicted octanol–water partition coefficient (Wildman–Crippen LogP) is 11.7. The number of nitrogens with zero attached hydrogens (tertiary/aromatic N) is 5. The topological polar surface area (TPSA) is 48.0 Å². The van der Waals surface area contributed by atoms with Gasteiger partial charge in [-0.1, -0.05) is 140 Å². The monoisotopic (exact) mass is 663 g/mol. The van der Waals surface area contributed by atoms with Crippen LogP contribution in [0.4, 0.5) is 0 Å². The highest BCUT2D eigenvalue weighted by atomic mass is 15.1. The zero-order valence-electron chi connectivity index (χ0n) is 28.0. The van der Waals surface area contributed by atoms with E-state index in [9.17, 15) is 0 Å². The van der Waals surface area contributed by atoms with Gasteiger partial charge in [0.05, 0.1) is 38.8 Å². The van der Waals surface area contributed by atoms with E-state index >= 15 is 0 Å². The van der Waals surface area contributed by atoms with Crippen molar-refractivity contribution in [2.24, 2.45) is 0 Å². The quantitative estimate of drug-likeness (QED) is 0.176. The molecule has 0 aliphatic rings. The summed E-state index contributed by atoms with van der Waals surface area (Å²) >= 11 is 0. The molecule has 0 atom stereocenters. The van der Waals surface area contributed by atoms with Crippen molar-refractivity contribution in [1.29, 1.82) is 0 Å². The second kappa shape index (κ2) is 11.2. The molecular weight excluding hydrogens is 635 g/mol. The Morgan fingerprint density at radius 2 is 0.885 bits per heavy atom. The third kappa shape index (κ3) is 4.20. The van der Waals surface area contributed by atoms with E-state index in [0.717, 1.165) is 83.6 Å². The number of hydrogen-bond acceptors (Lipinski definition) is 3. The van der Waals surface area contributed by atoms with Crippen molar-refractivity contribution >= 4 is 60.0 Å². The molecule has 11 rings (SSSR count). The standard InChI is InChI=1S/C47H29N5/c1-4-16-30(17-5-1)43-45-37-29-42-36(28-35(37)33-22-10-15-27-41(33)52(45)46(50-43)32-20-8-3-9-21-32)34-23-11-14-26-40(34)51(42)47-44(31-18-6-2-7-19-31)48-38-24-12-13-25-39(38)49-47/h1-29H. The second-order valence-corrected chi connectivity index (χ2v) is 13.2. The Hall–Kier alpha value is -7.11. The molecule has 0 radical (unpaired) electrons. The average molecular weight is 664 g/mol. The van der Waals surface area contributed by atoms with Gasteiger partial charge in [-0.25, -0.2) is 15.0 Å². The van der Waals surface area contributed by atoms with Crippen molar-refractivity contribution in [2.75, 3.05) is 0 Å². The normalized spacial score (nSPS) is 11.8. The highest BCUT2D eigenvalue weighted by Gasteiger charge is 2.24. The Balaban J connectivity index is 1.35. The number of benzene rings is 7. The molecule has 0 aliphatic carbocycles. The lowest BCUT2D eigenvalue weighted by molar-refractivity contribution is 1.08. The molecule has 5 heteroatoms. The smallest absolute Gasteiger partial charge is 0.165 e. The SMILES string of the molecule is c1ccc(-c2nc3ccccc3nc2-n2c3ccccc3c3cc4c5ccccc5n5c(-c6ccccc6)nc(-c6ccccc6)c5c4cc32)cc1. The van der Waals surface area contributed by atoms with Crippen LogP contribution in [0, 0.1) is 0 Å². The Bertz CT molecular complexity index is 3160. The van der Waals surface area contributed by atoms with Crippen molar-refractivity contribution in [2.45, 2.75) is 0 Å². The molecule has 0 N–H and O–H groups in total. The van der Waals surface area contributed by atoms with Crippen LogP contribution in [0.3, 0.4) is 0 Å². The fourth-order valence-electron chi connectivity index (χ4n) is 7.98. The van der Waals surface area contributed by atoms with Gasteiger partial charge in [-0.3, -0.25) is 8.97 Å². The molecule has 5 nitrogen and oxygen atoms in total. The molecule has 0 saturated carbocycles. The molecule has 0 fully saturated rings. The zero-order chi connectivity index (χ0) is 34.2. The van der Waals surface area contributed by atoms with Crippen LogP contribution in [0.5, 0.6) is 0 Å². The summed E-state index contributed by atoms with van der Waals surface area (Å²) in [6, 6.07) is 61.7. The van der Waals surface area contributed by atoms with Gasteiger partial charge in [0.1, 0.15) is 11.5 Å². The lowest BCUT2D eigenvalue weighted by Crippen LogP contribution is -2.03. The maximum atomic E-state index is 5.46. The molecule has 4 heterocycles. The summed E-state index contributed by atoms with van der Waals surface area (Å²) in [5.74, 6) is 1.72. The summed E-state index contributed by atoms with van der Waals surface area (Å²) in [7, 11) is 0. The molecule has 7 aromatic carbocycles. The van der Waals surface area contributed by atoms with Crippen LogP contribution in [-0.4, -0.2) is 23.9 Å². The largest absolute Gasteiger partial charge is 0.292 e. The van der Waals surface area contributed by atoms with E-state index in [-0.39, 0.29) is 0 Å². The first kappa shape index (κ1) is 28.7. The number of fused-ring (bicyclic) bond motifs is 10. The highest BCUT2D eigenvalue weighted by molar-refractivity contribution is 6.23. The molecule has 0 bridgehead atoms. The predicted molar refractivity (Wildman–Crippen MR) is 214 cm³/mol. The van der Waals surface area contributed by atoms with Gasteiger partial charge in [0.25, 0.3) is 0 Å². The van der Waals surface area contributed by atoms with E-state index in [0.29, 0.717) is 0 Å². The van der Waals surface area contributed by atoms with Crippen LogP contribution >= 0.6 is 0 Å². The first-order chi connectivity index (χ1) is 25.8. The van der Waals surface area contributed by atoms with Crippen LogP contribution in [0.2, 0.25) is 0 Å². The van der Waals surface area contributed by atoms with Crippen LogP contribution < -0.4 is 0 Å². The van der Waals surface area contributed by atoms with Gasteiger partial charge < -0.3 is 0 Å². The van der Waals surface area contributed by atoms with Crippen LogP contribution in [-0.2, 0) is 0 Å². The van der Waals surface area contributed by atoms with Gasteiger partial charge in [-0.05, 0) is 41.8 Å². The zero-order valence-corrected chi connectivity index (χ0v) is 28.0. The fraction of sp³-hybridized carbons (Fsp3) is 0. The molecule has 4 aromatic heterocycles. The third-order valence-electron chi connectivity index (χ3n) is 10.3. The first-order valence-electron chi connectivity index (χ1n) is 17.6. The lowest BCUT2D eigenvalue weighted by Gasteiger charge is -2.15. The van der Waals surface area contributed by atoms with E-state index in [2.05, 4.69) is 155 Å². The number of rotatable bonds is 4. The maximum absolute atomic E-state index is 5.46. The molecule has 52 heavy (non-hydrogen) atoms. The van der Waals surface area contributed by atoms with Gasteiger partial charge in [0, 0.05) is 38.2 Å². The first-order valence-corrected chi connectivity index (χ1v) is 17.6. The fourth-order valence-corrected chi connectivity index (χ4v) is 7.98. The summed E-state index contributed by atoms with van der Waals surface area (Å²) in [6.45, 7) is 0. The van der Waals surface area contributed by atoms with E-state index in [1.807, 2.05) is 30.3 Å². The molecule has 0 aliphatic heterocycles. The summed E-state index contributed by atoms with van der Waals surface area (Å²) in [4.78, 5) is 16.1. The van der Waals surface area contributed by atoms with E-state index in [1.54, 1.807) is 0 Å². The molecule has 11 aromatic rings. The summed E-state index contributed by atoms with van der Waals surface area (Å²) in [5.41, 5.74) is 11.0. The number of para-hydroxylation sites is 4. The van der Waals surface area contributed by atoms with Crippen LogP contribution in [0.15, 0.2) is 176 Å². The minimum Gasteiger partial charge on any atom is -0.292 e. The summed E-state index contributed by atoms with van der Waals surface area (Å²) in [5, 5.41) is 5.81. The number of aromatic nitrogens is 5. The highest BCUT2D eigenvalue weighted by Crippen LogP contribution is 2.43. The van der Waals surface area contributed by atoms with Crippen molar-refractivity contribution in [3.8, 4) is 39.7 Å². The molecule has 0 spiro atoms. The van der Waals surface area contributed by atoms with Gasteiger partial charge in [-0.15, -0.1) is 0 Å². The molecule has 0 unspecified atom stereocenters. The van der Waals surface area contributed by atoms with Crippen molar-refractivity contribution in [3.05, 3.63) is 176 Å². The van der Waals surface area contributed by atoms with Gasteiger partial charge in [0.2, 0.25) is 0 Å². The molecule has 242 valence electrons. The minimum atomic E-state index is 0.800. The Kier molecular flexibility index (Phi) is 6.18. The Morgan fingerprint density at radius 1 is 0.346 bits per heavy atom. The molecular formula is C47H29N5. The summed E-state index contributed by atoms with van der Waals surface area (Å²) < 4.78 is 4.67. The number of pyridine rings is 1. The Labute approximate surface area is 298 Å². The second-order valence-electron chi connectivity index (χ2n) is 13.2. The molecule has 0 saturated heterocycles. The van der Waals surface area contributed by atoms with Crippen molar-refractivity contribution in [3.63, 3.8) is 0 Å². The molecule has 0 amide bonds. The van der Waals surface area contributed by atoms with Gasteiger partial charge in [0.15, 0.2) is 5.82 Å².